The maximum absolute atomic E-state index is 11.4. The van der Waals surface area contributed by atoms with Crippen molar-refractivity contribution >= 4 is 12.0 Å². The Kier molecular flexibility index (Phi) is 7.79. The Balaban J connectivity index is 2.45. The van der Waals surface area contributed by atoms with Gasteiger partial charge in [-0.2, -0.15) is 0 Å². The molecule has 3 N–H and O–H groups in total. The summed E-state index contributed by atoms with van der Waals surface area (Å²) in [6.07, 6.45) is 5.49. The van der Waals surface area contributed by atoms with Gasteiger partial charge in [0.1, 0.15) is 12.4 Å². The molecule has 2 aromatic carbocycles. The van der Waals surface area contributed by atoms with Gasteiger partial charge < -0.3 is 9.84 Å². The van der Waals surface area contributed by atoms with E-state index in [0.717, 1.165) is 22.3 Å². The van der Waals surface area contributed by atoms with Crippen molar-refractivity contribution in [1.29, 1.82) is 0 Å². The smallest absolute Gasteiger partial charge is 0.267 e. The predicted octanol–water partition coefficient (Wildman–Crippen LogP) is 3.79. The molecule has 0 spiro atoms. The highest BCUT2D eigenvalue weighted by Gasteiger charge is 2.13. The van der Waals surface area contributed by atoms with Gasteiger partial charge in [0.15, 0.2) is 0 Å². The van der Waals surface area contributed by atoms with Crippen LogP contribution in [0.2, 0.25) is 0 Å². The van der Waals surface area contributed by atoms with Crippen LogP contribution >= 0.6 is 0 Å². The quantitative estimate of drug-likeness (QED) is 0.287. The van der Waals surface area contributed by atoms with Crippen LogP contribution in [0.4, 0.5) is 0 Å². The summed E-state index contributed by atoms with van der Waals surface area (Å²) in [6.45, 7) is 4.29. The number of carbonyl (C=O) groups is 1. The van der Waals surface area contributed by atoms with Gasteiger partial charge in [0.25, 0.3) is 5.91 Å². The average Bonchev–Trinajstić information content (AvgIpc) is 2.69. The lowest BCUT2D eigenvalue weighted by atomic mass is 9.98. The standard InChI is InChI=1S/C22H25NO4/c1-16(2)8-12-20-19(14-24)10-9-18(11-13-21(25)23-26)22(20)27-15-17-6-4-3-5-7-17/h3-11,13,24,26H,12,14-15H2,1-2H3,(H,23,25)/b13-11+. The molecule has 27 heavy (non-hydrogen) atoms. The minimum atomic E-state index is -0.624. The number of aliphatic hydroxyl groups is 1. The van der Waals surface area contributed by atoms with E-state index in [9.17, 15) is 9.90 Å². The number of nitrogens with one attached hydrogen (secondary N) is 1. The molecule has 0 fully saturated rings. The number of hydroxylamine groups is 1. The zero-order valence-corrected chi connectivity index (χ0v) is 15.6. The van der Waals surface area contributed by atoms with Gasteiger partial charge in [-0.25, -0.2) is 5.48 Å². The van der Waals surface area contributed by atoms with E-state index < -0.39 is 5.91 Å². The van der Waals surface area contributed by atoms with Crippen LogP contribution in [-0.4, -0.2) is 16.2 Å². The van der Waals surface area contributed by atoms with E-state index in [1.165, 1.54) is 6.08 Å². The monoisotopic (exact) mass is 367 g/mol. The maximum atomic E-state index is 11.4. The molecule has 2 rings (SSSR count). The van der Waals surface area contributed by atoms with Crippen LogP contribution in [-0.2, 0) is 24.4 Å². The van der Waals surface area contributed by atoms with E-state index >= 15 is 0 Å². The molecule has 5 nitrogen and oxygen atoms in total. The van der Waals surface area contributed by atoms with Crippen molar-refractivity contribution in [3.8, 4) is 5.75 Å². The topological polar surface area (TPSA) is 78.8 Å². The van der Waals surface area contributed by atoms with E-state index in [4.69, 9.17) is 9.94 Å². The average molecular weight is 367 g/mol. The highest BCUT2D eigenvalue weighted by atomic mass is 16.5. The third-order valence-electron chi connectivity index (χ3n) is 4.02. The second kappa shape index (κ2) is 10.3. The van der Waals surface area contributed by atoms with E-state index in [1.807, 2.05) is 50.2 Å². The number of hydrogen-bond acceptors (Lipinski definition) is 4. The lowest BCUT2D eigenvalue weighted by Crippen LogP contribution is -2.14. The molecule has 0 saturated heterocycles. The number of allylic oxidation sites excluding steroid dienone is 2. The van der Waals surface area contributed by atoms with Crippen molar-refractivity contribution in [3.05, 3.63) is 82.4 Å². The molecule has 5 heteroatoms. The summed E-state index contributed by atoms with van der Waals surface area (Å²) in [5.74, 6) is -0.00835. The SMILES string of the molecule is CC(C)=CCc1c(CO)ccc(/C=C/C(=O)NO)c1OCc1ccccc1. The molecule has 0 aliphatic rings. The van der Waals surface area contributed by atoms with Crippen molar-refractivity contribution in [2.45, 2.75) is 33.5 Å². The molecular formula is C22H25NO4. The first-order chi connectivity index (χ1) is 13.0. The van der Waals surface area contributed by atoms with E-state index in [0.29, 0.717) is 24.3 Å². The summed E-state index contributed by atoms with van der Waals surface area (Å²) in [6, 6.07) is 13.4. The minimum Gasteiger partial charge on any atom is -0.488 e. The van der Waals surface area contributed by atoms with Gasteiger partial charge in [0.2, 0.25) is 0 Å². The zero-order chi connectivity index (χ0) is 19.6. The normalized spacial score (nSPS) is 10.7. The van der Waals surface area contributed by atoms with Crippen LogP contribution in [0.5, 0.6) is 5.75 Å². The van der Waals surface area contributed by atoms with Crippen molar-refractivity contribution in [2.75, 3.05) is 0 Å². The molecule has 0 unspecified atom stereocenters. The summed E-state index contributed by atoms with van der Waals surface area (Å²) in [7, 11) is 0. The van der Waals surface area contributed by atoms with Gasteiger partial charge in [-0.05, 0) is 37.5 Å². The first kappa shape index (κ1) is 20.4. The minimum absolute atomic E-state index is 0.102. The van der Waals surface area contributed by atoms with E-state index in [-0.39, 0.29) is 6.61 Å². The second-order valence-corrected chi connectivity index (χ2v) is 6.35. The number of benzene rings is 2. The fraction of sp³-hybridized carbons (Fsp3) is 0.227. The molecular weight excluding hydrogens is 342 g/mol. The Morgan fingerprint density at radius 1 is 1.15 bits per heavy atom. The molecule has 0 atom stereocenters. The van der Waals surface area contributed by atoms with Gasteiger partial charge >= 0.3 is 0 Å². The Morgan fingerprint density at radius 3 is 2.52 bits per heavy atom. The third-order valence-corrected chi connectivity index (χ3v) is 4.02. The Hall–Kier alpha value is -2.89. The van der Waals surface area contributed by atoms with Crippen molar-refractivity contribution in [2.24, 2.45) is 0 Å². The molecule has 0 aliphatic heterocycles. The van der Waals surface area contributed by atoms with Crippen molar-refractivity contribution in [1.82, 2.24) is 5.48 Å². The number of ether oxygens (including phenoxy) is 1. The molecule has 0 radical (unpaired) electrons. The number of aliphatic hydroxyl groups excluding tert-OH is 1. The van der Waals surface area contributed by atoms with Gasteiger partial charge in [-0.3, -0.25) is 10.0 Å². The highest BCUT2D eigenvalue weighted by molar-refractivity contribution is 5.91. The molecule has 0 aliphatic carbocycles. The summed E-state index contributed by atoms with van der Waals surface area (Å²) in [5.41, 5.74) is 6.10. The van der Waals surface area contributed by atoms with Gasteiger partial charge in [0.05, 0.1) is 6.61 Å². The number of carbonyl (C=O) groups excluding carboxylic acids is 1. The summed E-state index contributed by atoms with van der Waals surface area (Å²) >= 11 is 0. The predicted molar refractivity (Wildman–Crippen MR) is 105 cm³/mol. The number of amides is 1. The van der Waals surface area contributed by atoms with Crippen LogP contribution in [0, 0.1) is 0 Å². The number of hydrogen-bond donors (Lipinski definition) is 3. The largest absolute Gasteiger partial charge is 0.488 e. The van der Waals surface area contributed by atoms with Crippen LogP contribution in [0.25, 0.3) is 6.08 Å². The van der Waals surface area contributed by atoms with Gasteiger partial charge in [0, 0.05) is 17.2 Å². The van der Waals surface area contributed by atoms with Crippen molar-refractivity contribution in [3.63, 3.8) is 0 Å². The van der Waals surface area contributed by atoms with Gasteiger partial charge in [-0.1, -0.05) is 54.1 Å². The molecule has 0 saturated carbocycles. The molecule has 0 heterocycles. The fourth-order valence-electron chi connectivity index (χ4n) is 2.60. The van der Waals surface area contributed by atoms with Crippen LogP contribution in [0.1, 0.15) is 36.1 Å². The van der Waals surface area contributed by atoms with E-state index in [2.05, 4.69) is 6.08 Å². The van der Waals surface area contributed by atoms with E-state index in [1.54, 1.807) is 17.6 Å². The van der Waals surface area contributed by atoms with Crippen LogP contribution in [0.15, 0.2) is 60.2 Å². The van der Waals surface area contributed by atoms with Crippen LogP contribution < -0.4 is 10.2 Å². The summed E-state index contributed by atoms with van der Waals surface area (Å²) < 4.78 is 6.11. The summed E-state index contributed by atoms with van der Waals surface area (Å²) in [5, 5.41) is 18.4. The fourth-order valence-corrected chi connectivity index (χ4v) is 2.60. The molecule has 2 aromatic rings. The zero-order valence-electron chi connectivity index (χ0n) is 15.6. The highest BCUT2D eigenvalue weighted by Crippen LogP contribution is 2.31. The first-order valence-corrected chi connectivity index (χ1v) is 8.73. The Morgan fingerprint density at radius 2 is 1.89 bits per heavy atom. The molecule has 142 valence electrons. The lowest BCUT2D eigenvalue weighted by molar-refractivity contribution is -0.124. The summed E-state index contributed by atoms with van der Waals surface area (Å²) in [4.78, 5) is 11.4. The lowest BCUT2D eigenvalue weighted by Gasteiger charge is -2.17. The first-order valence-electron chi connectivity index (χ1n) is 8.73. The van der Waals surface area contributed by atoms with Gasteiger partial charge in [-0.15, -0.1) is 0 Å². The maximum Gasteiger partial charge on any atom is 0.267 e. The van der Waals surface area contributed by atoms with Crippen molar-refractivity contribution < 1.29 is 19.8 Å². The van der Waals surface area contributed by atoms with Crippen LogP contribution in [0.3, 0.4) is 0 Å². The Labute approximate surface area is 159 Å². The third kappa shape index (κ3) is 6.09. The molecule has 0 aromatic heterocycles. The second-order valence-electron chi connectivity index (χ2n) is 6.35. The molecule has 0 bridgehead atoms. The molecule has 1 amide bonds. The Bertz CT molecular complexity index is 822. The number of rotatable bonds is 8.